The topological polar surface area (TPSA) is 17.1 Å². The van der Waals surface area contributed by atoms with Crippen LogP contribution < -0.4 is 0 Å². The van der Waals surface area contributed by atoms with E-state index in [0.717, 1.165) is 12.8 Å². The molecule has 0 amide bonds. The van der Waals surface area contributed by atoms with Crippen molar-refractivity contribution >= 4 is 5.78 Å². The molecule has 0 heterocycles. The number of carbonyl (C=O) groups is 1. The second-order valence-electron chi connectivity index (χ2n) is 4.62. The average molecular weight is 190 g/mol. The van der Waals surface area contributed by atoms with Crippen LogP contribution in [0.1, 0.15) is 45.4 Å². The van der Waals surface area contributed by atoms with Crippen LogP contribution in [0.25, 0.3) is 0 Å². The van der Waals surface area contributed by atoms with Gasteiger partial charge in [-0.25, -0.2) is 0 Å². The minimum absolute atomic E-state index is 0.285. The highest BCUT2D eigenvalue weighted by Crippen LogP contribution is 2.45. The van der Waals surface area contributed by atoms with E-state index >= 15 is 0 Å². The Kier molecular flexibility index (Phi) is 2.91. The Morgan fingerprint density at radius 1 is 1.36 bits per heavy atom. The Morgan fingerprint density at radius 2 is 2.14 bits per heavy atom. The molecule has 14 heavy (non-hydrogen) atoms. The third-order valence-electron chi connectivity index (χ3n) is 3.86. The first kappa shape index (κ1) is 9.77. The van der Waals surface area contributed by atoms with E-state index in [0.29, 0.717) is 17.6 Å². The number of fused-ring (bicyclic) bond motifs is 1. The van der Waals surface area contributed by atoms with Crippen LogP contribution in [-0.4, -0.2) is 5.78 Å². The summed E-state index contributed by atoms with van der Waals surface area (Å²) in [6.07, 6.45) is 6.88. The van der Waals surface area contributed by atoms with E-state index in [4.69, 9.17) is 0 Å². The molecule has 0 radical (unpaired) electrons. The van der Waals surface area contributed by atoms with E-state index in [9.17, 15) is 4.79 Å². The first-order valence-electron chi connectivity index (χ1n) is 5.75. The lowest BCUT2D eigenvalue weighted by Gasteiger charge is -2.27. The van der Waals surface area contributed by atoms with Gasteiger partial charge in [0.2, 0.25) is 0 Å². The van der Waals surface area contributed by atoms with Crippen molar-refractivity contribution < 1.29 is 4.79 Å². The van der Waals surface area contributed by atoms with Gasteiger partial charge >= 0.3 is 0 Å². The Morgan fingerprint density at radius 3 is 2.93 bits per heavy atom. The van der Waals surface area contributed by atoms with E-state index < -0.39 is 0 Å². The molecule has 1 heteroatoms. The number of carbonyl (C=O) groups excluding carboxylic acids is 1. The van der Waals surface area contributed by atoms with E-state index in [2.05, 4.69) is 11.8 Å². The van der Waals surface area contributed by atoms with Gasteiger partial charge in [-0.1, -0.05) is 12.8 Å². The van der Waals surface area contributed by atoms with Crippen LogP contribution in [0.15, 0.2) is 0 Å². The maximum atomic E-state index is 11.8. The second kappa shape index (κ2) is 4.17. The molecule has 76 valence electrons. The zero-order valence-electron chi connectivity index (χ0n) is 8.88. The highest BCUT2D eigenvalue weighted by atomic mass is 16.1. The molecule has 2 rings (SSSR count). The van der Waals surface area contributed by atoms with E-state index in [-0.39, 0.29) is 5.92 Å². The normalized spacial score (nSPS) is 36.1. The summed E-state index contributed by atoms with van der Waals surface area (Å²) in [6.45, 7) is 1.86. The molecular formula is C13H18O. The smallest absolute Gasteiger partial charge is 0.137 e. The highest BCUT2D eigenvalue weighted by molar-refractivity contribution is 5.84. The summed E-state index contributed by atoms with van der Waals surface area (Å²) < 4.78 is 0. The van der Waals surface area contributed by atoms with Crippen LogP contribution in [0.3, 0.4) is 0 Å². The quantitative estimate of drug-likeness (QED) is 0.581. The number of hydrogen-bond donors (Lipinski definition) is 0. The number of ketones is 1. The van der Waals surface area contributed by atoms with Gasteiger partial charge in [0.25, 0.3) is 0 Å². The van der Waals surface area contributed by atoms with Crippen molar-refractivity contribution in [2.75, 3.05) is 0 Å². The number of rotatable bonds is 1. The first-order valence-corrected chi connectivity index (χ1v) is 5.75. The van der Waals surface area contributed by atoms with Gasteiger partial charge < -0.3 is 0 Å². The fourth-order valence-electron chi connectivity index (χ4n) is 3.15. The molecule has 3 atom stereocenters. The van der Waals surface area contributed by atoms with E-state index in [1.807, 2.05) is 6.92 Å². The third kappa shape index (κ3) is 1.71. The summed E-state index contributed by atoms with van der Waals surface area (Å²) in [4.78, 5) is 11.8. The molecule has 0 spiro atoms. The SMILES string of the molecule is CC#CC[C@H]1C(=O)C[C@H]2CCCCC21. The summed E-state index contributed by atoms with van der Waals surface area (Å²) >= 11 is 0. The monoisotopic (exact) mass is 190 g/mol. The molecular weight excluding hydrogens is 172 g/mol. The van der Waals surface area contributed by atoms with Crippen LogP contribution in [0.2, 0.25) is 0 Å². The van der Waals surface area contributed by atoms with Crippen LogP contribution in [0.5, 0.6) is 0 Å². The van der Waals surface area contributed by atoms with Gasteiger partial charge in [-0.15, -0.1) is 11.8 Å². The lowest BCUT2D eigenvalue weighted by Crippen LogP contribution is -2.20. The van der Waals surface area contributed by atoms with E-state index in [1.165, 1.54) is 25.7 Å². The van der Waals surface area contributed by atoms with Gasteiger partial charge in [-0.05, 0) is 31.6 Å². The van der Waals surface area contributed by atoms with Crippen LogP contribution in [0.4, 0.5) is 0 Å². The first-order chi connectivity index (χ1) is 6.83. The van der Waals surface area contributed by atoms with Gasteiger partial charge in [0.1, 0.15) is 5.78 Å². The van der Waals surface area contributed by atoms with Gasteiger partial charge in [0.05, 0.1) is 0 Å². The molecule has 1 nitrogen and oxygen atoms in total. The zero-order chi connectivity index (χ0) is 9.97. The van der Waals surface area contributed by atoms with Crippen molar-refractivity contribution in [2.45, 2.75) is 45.4 Å². The fraction of sp³-hybridized carbons (Fsp3) is 0.769. The minimum Gasteiger partial charge on any atom is -0.299 e. The molecule has 0 saturated heterocycles. The van der Waals surface area contributed by atoms with Crippen molar-refractivity contribution in [3.63, 3.8) is 0 Å². The largest absolute Gasteiger partial charge is 0.299 e. The predicted molar refractivity (Wildman–Crippen MR) is 56.6 cm³/mol. The Balaban J connectivity index is 2.06. The molecule has 1 unspecified atom stereocenters. The van der Waals surface area contributed by atoms with Crippen molar-refractivity contribution in [3.05, 3.63) is 0 Å². The highest BCUT2D eigenvalue weighted by Gasteiger charge is 2.42. The molecule has 0 aromatic rings. The minimum atomic E-state index is 0.285. The van der Waals surface area contributed by atoms with Crippen molar-refractivity contribution in [1.82, 2.24) is 0 Å². The molecule has 2 saturated carbocycles. The lowest BCUT2D eigenvalue weighted by atomic mass is 9.77. The third-order valence-corrected chi connectivity index (χ3v) is 3.86. The Hall–Kier alpha value is -0.770. The van der Waals surface area contributed by atoms with Gasteiger partial charge in [-0.3, -0.25) is 4.79 Å². The maximum Gasteiger partial charge on any atom is 0.137 e. The summed E-state index contributed by atoms with van der Waals surface area (Å²) in [5.41, 5.74) is 0. The number of hydrogen-bond acceptors (Lipinski definition) is 1. The van der Waals surface area contributed by atoms with Crippen LogP contribution in [-0.2, 0) is 4.79 Å². The van der Waals surface area contributed by atoms with E-state index in [1.54, 1.807) is 0 Å². The fourth-order valence-corrected chi connectivity index (χ4v) is 3.15. The van der Waals surface area contributed by atoms with Gasteiger partial charge in [0.15, 0.2) is 0 Å². The lowest BCUT2D eigenvalue weighted by molar-refractivity contribution is -0.121. The molecule has 2 fully saturated rings. The predicted octanol–water partition coefficient (Wildman–Crippen LogP) is 2.80. The second-order valence-corrected chi connectivity index (χ2v) is 4.62. The van der Waals surface area contributed by atoms with Gasteiger partial charge in [-0.2, -0.15) is 0 Å². The van der Waals surface area contributed by atoms with Gasteiger partial charge in [0, 0.05) is 18.8 Å². The number of Topliss-reactive ketones (excluding diaryl/α,β-unsaturated/α-hetero) is 1. The maximum absolute atomic E-state index is 11.8. The van der Waals surface area contributed by atoms with Crippen LogP contribution in [0, 0.1) is 29.6 Å². The summed E-state index contributed by atoms with van der Waals surface area (Å²) in [7, 11) is 0. The summed E-state index contributed by atoms with van der Waals surface area (Å²) in [5.74, 6) is 8.15. The molecule has 0 aliphatic heterocycles. The molecule has 0 aromatic heterocycles. The average Bonchev–Trinajstić information content (AvgIpc) is 2.51. The van der Waals surface area contributed by atoms with Crippen LogP contribution >= 0.6 is 0 Å². The van der Waals surface area contributed by atoms with Crippen molar-refractivity contribution in [1.29, 1.82) is 0 Å². The zero-order valence-corrected chi connectivity index (χ0v) is 8.88. The standard InChI is InChI=1S/C13H18O/c1-2-3-7-12-11-8-5-4-6-10(11)9-13(12)14/h10-12H,4-9H2,1H3/t10-,11?,12-/m1/s1. The molecule has 0 aromatic carbocycles. The summed E-state index contributed by atoms with van der Waals surface area (Å²) in [5, 5.41) is 0. The molecule has 2 aliphatic rings. The Labute approximate surface area is 86.3 Å². The Bertz CT molecular complexity index is 281. The molecule has 2 aliphatic carbocycles. The summed E-state index contributed by atoms with van der Waals surface area (Å²) in [6, 6.07) is 0. The molecule has 0 bridgehead atoms. The van der Waals surface area contributed by atoms with Crippen molar-refractivity contribution in [2.24, 2.45) is 17.8 Å². The molecule has 0 N–H and O–H groups in total. The van der Waals surface area contributed by atoms with Crippen molar-refractivity contribution in [3.8, 4) is 11.8 Å².